The number of hydrogen-bond donors (Lipinski definition) is 1. The van der Waals surface area contributed by atoms with Crippen molar-refractivity contribution in [3.05, 3.63) is 24.0 Å². The Bertz CT molecular complexity index is 413. The summed E-state index contributed by atoms with van der Waals surface area (Å²) in [6.07, 6.45) is 3.90. The number of hydrogen-bond acceptors (Lipinski definition) is 5. The fourth-order valence-corrected chi connectivity index (χ4v) is 2.68. The van der Waals surface area contributed by atoms with Crippen LogP contribution in [0.1, 0.15) is 12.5 Å². The maximum absolute atomic E-state index is 4.27. The molecule has 0 radical (unpaired) electrons. The summed E-state index contributed by atoms with van der Waals surface area (Å²) >= 11 is 0. The molecule has 0 atom stereocenters. The van der Waals surface area contributed by atoms with Gasteiger partial charge in [-0.3, -0.25) is 9.88 Å². The van der Waals surface area contributed by atoms with Gasteiger partial charge >= 0.3 is 0 Å². The zero-order valence-corrected chi connectivity index (χ0v) is 13.7. The minimum Gasteiger partial charge on any atom is -0.369 e. The molecule has 1 N–H and O–H groups in total. The van der Waals surface area contributed by atoms with Crippen molar-refractivity contribution < 1.29 is 0 Å². The predicted molar refractivity (Wildman–Crippen MR) is 88.8 cm³/mol. The highest BCUT2D eigenvalue weighted by Gasteiger charge is 2.18. The molecule has 0 bridgehead atoms. The van der Waals surface area contributed by atoms with Gasteiger partial charge in [0.05, 0.1) is 0 Å². The second-order valence-electron chi connectivity index (χ2n) is 5.92. The van der Waals surface area contributed by atoms with Gasteiger partial charge in [0.25, 0.3) is 0 Å². The summed E-state index contributed by atoms with van der Waals surface area (Å²) in [5.74, 6) is 0. The third-order valence-electron chi connectivity index (χ3n) is 4.02. The smallest absolute Gasteiger partial charge is 0.0443 e. The van der Waals surface area contributed by atoms with Crippen LogP contribution in [0.15, 0.2) is 18.5 Å². The van der Waals surface area contributed by atoms with Crippen LogP contribution in [0.2, 0.25) is 0 Å². The Balaban J connectivity index is 1.89. The zero-order valence-electron chi connectivity index (χ0n) is 13.7. The largest absolute Gasteiger partial charge is 0.369 e. The van der Waals surface area contributed by atoms with Crippen molar-refractivity contribution in [1.82, 2.24) is 20.1 Å². The van der Waals surface area contributed by atoms with Crippen LogP contribution in [-0.4, -0.2) is 74.7 Å². The van der Waals surface area contributed by atoms with Crippen LogP contribution < -0.4 is 10.2 Å². The SMILES string of the molecule is CCNCc1cnccc1N1CCN(CCN(C)C)CC1. The Labute approximate surface area is 128 Å². The van der Waals surface area contributed by atoms with E-state index in [0.29, 0.717) is 0 Å². The van der Waals surface area contributed by atoms with Crippen LogP contribution in [0.25, 0.3) is 0 Å². The number of nitrogens with zero attached hydrogens (tertiary/aromatic N) is 4. The van der Waals surface area contributed by atoms with Gasteiger partial charge in [0.1, 0.15) is 0 Å². The highest BCUT2D eigenvalue weighted by molar-refractivity contribution is 5.52. The summed E-state index contributed by atoms with van der Waals surface area (Å²) in [6.45, 7) is 10.9. The van der Waals surface area contributed by atoms with Gasteiger partial charge in [-0.2, -0.15) is 0 Å². The molecule has 1 fully saturated rings. The van der Waals surface area contributed by atoms with E-state index in [1.165, 1.54) is 17.8 Å². The van der Waals surface area contributed by atoms with Crippen LogP contribution in [0.4, 0.5) is 5.69 Å². The first-order valence-electron chi connectivity index (χ1n) is 7.96. The molecular weight excluding hydrogens is 262 g/mol. The Morgan fingerprint density at radius 3 is 2.67 bits per heavy atom. The van der Waals surface area contributed by atoms with Gasteiger partial charge < -0.3 is 15.1 Å². The molecule has 1 saturated heterocycles. The molecule has 1 aromatic rings. The average Bonchev–Trinajstić information content (AvgIpc) is 2.52. The number of nitrogens with one attached hydrogen (secondary N) is 1. The molecule has 0 saturated carbocycles. The maximum Gasteiger partial charge on any atom is 0.0443 e. The summed E-state index contributed by atoms with van der Waals surface area (Å²) in [6, 6.07) is 2.15. The van der Waals surface area contributed by atoms with Crippen LogP contribution in [0, 0.1) is 0 Å². The minimum absolute atomic E-state index is 0.903. The molecule has 0 spiro atoms. The first-order valence-corrected chi connectivity index (χ1v) is 7.96. The van der Waals surface area contributed by atoms with E-state index < -0.39 is 0 Å². The van der Waals surface area contributed by atoms with E-state index in [-0.39, 0.29) is 0 Å². The fraction of sp³-hybridized carbons (Fsp3) is 0.688. The second-order valence-corrected chi connectivity index (χ2v) is 5.92. The molecule has 0 aliphatic carbocycles. The number of piperazine rings is 1. The van der Waals surface area contributed by atoms with E-state index in [4.69, 9.17) is 0 Å². The molecule has 5 nitrogen and oxygen atoms in total. The number of pyridine rings is 1. The molecule has 1 aliphatic heterocycles. The predicted octanol–water partition coefficient (Wildman–Crippen LogP) is 0.875. The molecule has 5 heteroatoms. The van der Waals surface area contributed by atoms with Crippen LogP contribution in [-0.2, 0) is 6.54 Å². The summed E-state index contributed by atoms with van der Waals surface area (Å²) in [4.78, 5) is 11.6. The zero-order chi connectivity index (χ0) is 15.1. The minimum atomic E-state index is 0.903. The lowest BCUT2D eigenvalue weighted by Crippen LogP contribution is -2.48. The van der Waals surface area contributed by atoms with E-state index >= 15 is 0 Å². The van der Waals surface area contributed by atoms with E-state index in [9.17, 15) is 0 Å². The summed E-state index contributed by atoms with van der Waals surface area (Å²) < 4.78 is 0. The summed E-state index contributed by atoms with van der Waals surface area (Å²) in [5, 5.41) is 3.40. The van der Waals surface area contributed by atoms with Crippen molar-refractivity contribution >= 4 is 5.69 Å². The van der Waals surface area contributed by atoms with E-state index in [0.717, 1.165) is 45.8 Å². The van der Waals surface area contributed by atoms with E-state index in [1.807, 2.05) is 12.4 Å². The molecule has 2 rings (SSSR count). The number of likely N-dealkylation sites (N-methyl/N-ethyl adjacent to an activating group) is 1. The molecule has 2 heterocycles. The Kier molecular flexibility index (Phi) is 6.42. The quantitative estimate of drug-likeness (QED) is 0.806. The molecule has 1 aliphatic rings. The van der Waals surface area contributed by atoms with Gasteiger partial charge in [-0.05, 0) is 26.7 Å². The van der Waals surface area contributed by atoms with Crippen molar-refractivity contribution in [3.8, 4) is 0 Å². The van der Waals surface area contributed by atoms with Gasteiger partial charge in [0.15, 0.2) is 0 Å². The van der Waals surface area contributed by atoms with Crippen LogP contribution in [0.5, 0.6) is 0 Å². The van der Waals surface area contributed by atoms with Crippen molar-refractivity contribution in [2.75, 3.05) is 64.8 Å². The second kappa shape index (κ2) is 8.32. The molecule has 1 aromatic heterocycles. The third kappa shape index (κ3) is 4.95. The first-order chi connectivity index (χ1) is 10.2. The summed E-state index contributed by atoms with van der Waals surface area (Å²) in [5.41, 5.74) is 2.65. The van der Waals surface area contributed by atoms with Crippen molar-refractivity contribution in [3.63, 3.8) is 0 Å². The Morgan fingerprint density at radius 2 is 2.00 bits per heavy atom. The highest BCUT2D eigenvalue weighted by atomic mass is 15.3. The standard InChI is InChI=1S/C16H29N5/c1-4-17-13-15-14-18-6-5-16(15)21-11-9-20(10-12-21)8-7-19(2)3/h5-6,14,17H,4,7-13H2,1-3H3. The Hall–Kier alpha value is -1.17. The lowest BCUT2D eigenvalue weighted by Gasteiger charge is -2.37. The van der Waals surface area contributed by atoms with E-state index in [2.05, 4.69) is 52.1 Å². The van der Waals surface area contributed by atoms with Crippen molar-refractivity contribution in [2.45, 2.75) is 13.5 Å². The number of aromatic nitrogens is 1. The average molecular weight is 291 g/mol. The lowest BCUT2D eigenvalue weighted by atomic mass is 10.2. The van der Waals surface area contributed by atoms with Gasteiger partial charge in [-0.25, -0.2) is 0 Å². The van der Waals surface area contributed by atoms with Gasteiger partial charge in [0.2, 0.25) is 0 Å². The maximum atomic E-state index is 4.27. The van der Waals surface area contributed by atoms with Crippen LogP contribution in [0.3, 0.4) is 0 Å². The van der Waals surface area contributed by atoms with Gasteiger partial charge in [-0.15, -0.1) is 0 Å². The third-order valence-corrected chi connectivity index (χ3v) is 4.02. The summed E-state index contributed by atoms with van der Waals surface area (Å²) in [7, 11) is 4.28. The van der Waals surface area contributed by atoms with Crippen LogP contribution >= 0.6 is 0 Å². The molecular formula is C16H29N5. The van der Waals surface area contributed by atoms with Crippen molar-refractivity contribution in [2.24, 2.45) is 0 Å². The van der Waals surface area contributed by atoms with E-state index in [1.54, 1.807) is 0 Å². The monoisotopic (exact) mass is 291 g/mol. The molecule has 0 unspecified atom stereocenters. The van der Waals surface area contributed by atoms with Crippen molar-refractivity contribution in [1.29, 1.82) is 0 Å². The normalized spacial score (nSPS) is 16.7. The lowest BCUT2D eigenvalue weighted by molar-refractivity contribution is 0.229. The molecule has 118 valence electrons. The molecule has 0 amide bonds. The Morgan fingerprint density at radius 1 is 1.24 bits per heavy atom. The van der Waals surface area contributed by atoms with Gasteiger partial charge in [0, 0.05) is 69.5 Å². The fourth-order valence-electron chi connectivity index (χ4n) is 2.68. The first kappa shape index (κ1) is 16.2. The number of anilines is 1. The molecule has 0 aromatic carbocycles. The van der Waals surface area contributed by atoms with Gasteiger partial charge in [-0.1, -0.05) is 6.92 Å². The number of rotatable bonds is 7. The highest BCUT2D eigenvalue weighted by Crippen LogP contribution is 2.20. The topological polar surface area (TPSA) is 34.6 Å². The molecule has 21 heavy (non-hydrogen) atoms.